The molecule has 0 aliphatic heterocycles. The Hall–Kier alpha value is -2.10. The van der Waals surface area contributed by atoms with Gasteiger partial charge in [-0.3, -0.25) is 4.79 Å². The van der Waals surface area contributed by atoms with Crippen LogP contribution in [0.1, 0.15) is 24.8 Å². The van der Waals surface area contributed by atoms with E-state index in [0.29, 0.717) is 5.69 Å². The van der Waals surface area contributed by atoms with E-state index in [1.165, 1.54) is 12.5 Å². The molecule has 1 amide bonds. The number of aromatic nitrogens is 1. The lowest BCUT2D eigenvalue weighted by Gasteiger charge is -2.14. The average Bonchev–Trinajstić information content (AvgIpc) is 2.84. The molecular weight excluding hydrogens is 216 g/mol. The summed E-state index contributed by atoms with van der Waals surface area (Å²) < 4.78 is 4.67. The van der Waals surface area contributed by atoms with Crippen LogP contribution in [0, 0.1) is 0 Å². The molecule has 1 heterocycles. The van der Waals surface area contributed by atoms with E-state index >= 15 is 0 Å². The molecule has 17 heavy (non-hydrogen) atoms. The van der Waals surface area contributed by atoms with Gasteiger partial charge in [-0.1, -0.05) is 42.4 Å². The van der Waals surface area contributed by atoms with Crippen LogP contribution in [0.25, 0.3) is 0 Å². The lowest BCUT2D eigenvalue weighted by molar-refractivity contribution is -0.117. The SMILES string of the molecule is CC[C@H](C(=O)Nc1cnoc1)c1ccccc1. The van der Waals surface area contributed by atoms with E-state index in [4.69, 9.17) is 0 Å². The molecule has 0 unspecified atom stereocenters. The van der Waals surface area contributed by atoms with Gasteiger partial charge in [0.1, 0.15) is 12.0 Å². The van der Waals surface area contributed by atoms with Gasteiger partial charge in [-0.05, 0) is 12.0 Å². The summed E-state index contributed by atoms with van der Waals surface area (Å²) >= 11 is 0. The molecule has 4 nitrogen and oxygen atoms in total. The van der Waals surface area contributed by atoms with Gasteiger partial charge in [0.2, 0.25) is 5.91 Å². The Morgan fingerprint density at radius 3 is 2.76 bits per heavy atom. The van der Waals surface area contributed by atoms with Crippen LogP contribution >= 0.6 is 0 Å². The largest absolute Gasteiger partial charge is 0.363 e. The minimum absolute atomic E-state index is 0.0399. The second-order valence-corrected chi connectivity index (χ2v) is 3.77. The normalized spacial score (nSPS) is 12.1. The summed E-state index contributed by atoms with van der Waals surface area (Å²) in [6, 6.07) is 9.73. The zero-order valence-electron chi connectivity index (χ0n) is 9.59. The molecule has 2 rings (SSSR count). The zero-order chi connectivity index (χ0) is 12.1. The fraction of sp³-hybridized carbons (Fsp3) is 0.231. The van der Waals surface area contributed by atoms with Crippen LogP contribution in [0.3, 0.4) is 0 Å². The van der Waals surface area contributed by atoms with E-state index in [-0.39, 0.29) is 11.8 Å². The molecule has 0 saturated carbocycles. The maximum Gasteiger partial charge on any atom is 0.232 e. The third kappa shape index (κ3) is 2.72. The molecule has 88 valence electrons. The summed E-state index contributed by atoms with van der Waals surface area (Å²) in [5.74, 6) is -0.187. The summed E-state index contributed by atoms with van der Waals surface area (Å²) in [6.45, 7) is 1.99. The van der Waals surface area contributed by atoms with E-state index in [9.17, 15) is 4.79 Å². The number of benzene rings is 1. The fourth-order valence-corrected chi connectivity index (χ4v) is 1.75. The van der Waals surface area contributed by atoms with Crippen molar-refractivity contribution >= 4 is 11.6 Å². The molecule has 0 bridgehead atoms. The van der Waals surface area contributed by atoms with E-state index in [0.717, 1.165) is 12.0 Å². The molecule has 1 N–H and O–H groups in total. The van der Waals surface area contributed by atoms with E-state index in [2.05, 4.69) is 15.0 Å². The Balaban J connectivity index is 2.11. The molecule has 0 spiro atoms. The van der Waals surface area contributed by atoms with Gasteiger partial charge in [-0.15, -0.1) is 0 Å². The van der Waals surface area contributed by atoms with E-state index < -0.39 is 0 Å². The Morgan fingerprint density at radius 2 is 2.18 bits per heavy atom. The van der Waals surface area contributed by atoms with Crippen LogP contribution in [-0.2, 0) is 4.79 Å². The highest BCUT2D eigenvalue weighted by Crippen LogP contribution is 2.21. The standard InChI is InChI=1S/C13H14N2O2/c1-2-12(10-6-4-3-5-7-10)13(16)15-11-8-14-17-9-11/h3-9,12H,2H2,1H3,(H,15,16)/t12-/m0/s1. The van der Waals surface area contributed by atoms with Crippen LogP contribution in [0.15, 0.2) is 47.3 Å². The Labute approximate surface area is 99.6 Å². The van der Waals surface area contributed by atoms with Gasteiger partial charge in [0.25, 0.3) is 0 Å². The van der Waals surface area contributed by atoms with Crippen molar-refractivity contribution in [3.8, 4) is 0 Å². The molecule has 0 aliphatic carbocycles. The first-order valence-electron chi connectivity index (χ1n) is 5.56. The van der Waals surface area contributed by atoms with Crippen LogP contribution in [-0.4, -0.2) is 11.1 Å². The molecule has 0 radical (unpaired) electrons. The molecule has 1 atom stereocenters. The van der Waals surface area contributed by atoms with Crippen LogP contribution in [0.4, 0.5) is 5.69 Å². The highest BCUT2D eigenvalue weighted by molar-refractivity contribution is 5.95. The van der Waals surface area contributed by atoms with Crippen LogP contribution in [0.2, 0.25) is 0 Å². The number of hydrogen-bond donors (Lipinski definition) is 1. The van der Waals surface area contributed by atoms with Crippen molar-refractivity contribution in [1.82, 2.24) is 5.16 Å². The first-order valence-corrected chi connectivity index (χ1v) is 5.56. The molecule has 0 saturated heterocycles. The number of rotatable bonds is 4. The second-order valence-electron chi connectivity index (χ2n) is 3.77. The number of carbonyl (C=O) groups is 1. The maximum absolute atomic E-state index is 12.1. The lowest BCUT2D eigenvalue weighted by atomic mass is 9.96. The summed E-state index contributed by atoms with van der Waals surface area (Å²) in [6.07, 6.45) is 3.65. The van der Waals surface area contributed by atoms with Gasteiger partial charge in [0.05, 0.1) is 12.1 Å². The predicted molar refractivity (Wildman–Crippen MR) is 64.6 cm³/mol. The summed E-state index contributed by atoms with van der Waals surface area (Å²) in [5.41, 5.74) is 1.60. The summed E-state index contributed by atoms with van der Waals surface area (Å²) in [7, 11) is 0. The van der Waals surface area contributed by atoms with Crippen molar-refractivity contribution in [2.45, 2.75) is 19.3 Å². The predicted octanol–water partition coefficient (Wildman–Crippen LogP) is 2.81. The van der Waals surface area contributed by atoms with Crippen LogP contribution in [0.5, 0.6) is 0 Å². The van der Waals surface area contributed by atoms with Crippen molar-refractivity contribution in [2.75, 3.05) is 5.32 Å². The average molecular weight is 230 g/mol. The fourth-order valence-electron chi connectivity index (χ4n) is 1.75. The molecule has 2 aromatic rings. The highest BCUT2D eigenvalue weighted by atomic mass is 16.5. The smallest absolute Gasteiger partial charge is 0.232 e. The van der Waals surface area contributed by atoms with Crippen molar-refractivity contribution in [3.05, 3.63) is 48.4 Å². The molecule has 4 heteroatoms. The van der Waals surface area contributed by atoms with E-state index in [1.54, 1.807) is 0 Å². The number of amides is 1. The Kier molecular flexibility index (Phi) is 3.55. The van der Waals surface area contributed by atoms with Gasteiger partial charge >= 0.3 is 0 Å². The van der Waals surface area contributed by atoms with Gasteiger partial charge in [0, 0.05) is 0 Å². The van der Waals surface area contributed by atoms with Gasteiger partial charge < -0.3 is 9.84 Å². The van der Waals surface area contributed by atoms with Crippen LogP contribution < -0.4 is 5.32 Å². The molecule has 1 aromatic heterocycles. The first-order chi connectivity index (χ1) is 8.31. The maximum atomic E-state index is 12.1. The van der Waals surface area contributed by atoms with Crippen molar-refractivity contribution in [2.24, 2.45) is 0 Å². The van der Waals surface area contributed by atoms with Gasteiger partial charge in [-0.2, -0.15) is 0 Å². The number of nitrogens with one attached hydrogen (secondary N) is 1. The summed E-state index contributed by atoms with van der Waals surface area (Å²) in [4.78, 5) is 12.1. The third-order valence-electron chi connectivity index (χ3n) is 2.63. The molecule has 1 aromatic carbocycles. The summed E-state index contributed by atoms with van der Waals surface area (Å²) in [5, 5.41) is 6.32. The first kappa shape index (κ1) is 11.4. The Morgan fingerprint density at radius 1 is 1.41 bits per heavy atom. The third-order valence-corrected chi connectivity index (χ3v) is 2.63. The van der Waals surface area contributed by atoms with E-state index in [1.807, 2.05) is 37.3 Å². The quantitative estimate of drug-likeness (QED) is 0.878. The topological polar surface area (TPSA) is 55.1 Å². The van der Waals surface area contributed by atoms with Gasteiger partial charge in [-0.25, -0.2) is 0 Å². The monoisotopic (exact) mass is 230 g/mol. The minimum atomic E-state index is -0.147. The molecule has 0 fully saturated rings. The molecular formula is C13H14N2O2. The zero-order valence-corrected chi connectivity index (χ0v) is 9.59. The van der Waals surface area contributed by atoms with Crippen molar-refractivity contribution in [1.29, 1.82) is 0 Å². The van der Waals surface area contributed by atoms with Gasteiger partial charge in [0.15, 0.2) is 0 Å². The number of carbonyl (C=O) groups excluding carboxylic acids is 1. The minimum Gasteiger partial charge on any atom is -0.363 e. The number of hydrogen-bond acceptors (Lipinski definition) is 3. The number of nitrogens with zero attached hydrogens (tertiary/aromatic N) is 1. The molecule has 0 aliphatic rings. The second kappa shape index (κ2) is 5.30. The lowest BCUT2D eigenvalue weighted by Crippen LogP contribution is -2.20. The Bertz CT molecular complexity index is 465. The van der Waals surface area contributed by atoms with Crippen molar-refractivity contribution < 1.29 is 9.32 Å². The van der Waals surface area contributed by atoms with Crippen molar-refractivity contribution in [3.63, 3.8) is 0 Å². The number of anilines is 1. The highest BCUT2D eigenvalue weighted by Gasteiger charge is 2.18.